The molecule has 2 heterocycles. The van der Waals surface area contributed by atoms with Gasteiger partial charge in [-0.2, -0.15) is 5.10 Å². The van der Waals surface area contributed by atoms with Crippen LogP contribution in [0.2, 0.25) is 0 Å². The van der Waals surface area contributed by atoms with E-state index in [9.17, 15) is 15.1 Å². The molecule has 0 amide bonds. The molecule has 1 aliphatic rings. The minimum Gasteiger partial charge on any atom is -0.428 e. The van der Waals surface area contributed by atoms with Crippen molar-refractivity contribution in [1.29, 1.82) is 0 Å². The molecule has 1 aliphatic heterocycles. The van der Waals surface area contributed by atoms with Crippen molar-refractivity contribution < 1.29 is 9.95 Å². The van der Waals surface area contributed by atoms with E-state index in [1.54, 1.807) is 0 Å². The first kappa shape index (κ1) is 8.20. The zero-order chi connectivity index (χ0) is 9.42. The van der Waals surface area contributed by atoms with Crippen LogP contribution in [-0.4, -0.2) is 23.2 Å². The van der Waals surface area contributed by atoms with Crippen molar-refractivity contribution in [3.63, 3.8) is 0 Å². The fraction of sp³-hybridized carbons (Fsp3) is 0. The number of nitrogens with one attached hydrogen (secondary N) is 1. The first-order valence-electron chi connectivity index (χ1n) is 3.43. The highest BCUT2D eigenvalue weighted by atomic mass is 32.1. The minimum absolute atomic E-state index is 0.0131. The van der Waals surface area contributed by atoms with Crippen molar-refractivity contribution >= 4 is 35.1 Å². The fourth-order valence-electron chi connectivity index (χ4n) is 1.05. The fourth-order valence-corrected chi connectivity index (χ4v) is 1.93. The third-order valence-electron chi connectivity index (χ3n) is 1.63. The lowest BCUT2D eigenvalue weighted by Gasteiger charge is -2.07. The van der Waals surface area contributed by atoms with Crippen molar-refractivity contribution in [2.45, 2.75) is 0 Å². The van der Waals surface area contributed by atoms with Crippen LogP contribution in [0.3, 0.4) is 0 Å². The topological polar surface area (TPSA) is 87.8 Å². The highest BCUT2D eigenvalue weighted by Crippen LogP contribution is 2.21. The Morgan fingerprint density at radius 1 is 1.77 bits per heavy atom. The van der Waals surface area contributed by atoms with E-state index in [-0.39, 0.29) is 5.00 Å². The van der Waals surface area contributed by atoms with E-state index in [0.717, 1.165) is 11.3 Å². The summed E-state index contributed by atoms with van der Waals surface area (Å²) in [7, 11) is -0.940. The summed E-state index contributed by atoms with van der Waals surface area (Å²) in [6.07, 6.45) is 1.46. The normalized spacial score (nSPS) is 13.8. The number of hydrogen-bond donors (Lipinski definition) is 2. The summed E-state index contributed by atoms with van der Waals surface area (Å²) in [5.74, 6) is 0. The van der Waals surface area contributed by atoms with Gasteiger partial charge in [0.15, 0.2) is 0 Å². The number of nitrogens with zero attached hydrogens (tertiary/aromatic N) is 2. The van der Waals surface area contributed by atoms with Crippen LogP contribution in [0.4, 0.5) is 5.00 Å². The maximum Gasteiger partial charge on any atom is 0.465 e. The highest BCUT2D eigenvalue weighted by Gasteiger charge is 2.27. The summed E-state index contributed by atoms with van der Waals surface area (Å²) in [5, 5.41) is 25.8. The van der Waals surface area contributed by atoms with Gasteiger partial charge < -0.3 is 10.4 Å². The molecule has 0 saturated heterocycles. The molecule has 2 rings (SSSR count). The number of hydrogen-bond acceptors (Lipinski definition) is 6. The molecule has 0 fully saturated rings. The van der Waals surface area contributed by atoms with E-state index < -0.39 is 12.0 Å². The third kappa shape index (κ3) is 1.29. The van der Waals surface area contributed by atoms with Crippen LogP contribution in [0.1, 0.15) is 4.88 Å². The quantitative estimate of drug-likeness (QED) is 0.353. The van der Waals surface area contributed by atoms with Gasteiger partial charge in [0, 0.05) is 11.5 Å². The van der Waals surface area contributed by atoms with Gasteiger partial charge in [-0.1, -0.05) is 11.3 Å². The first-order valence-corrected chi connectivity index (χ1v) is 4.25. The predicted molar refractivity (Wildman–Crippen MR) is 49.3 cm³/mol. The average Bonchev–Trinajstić information content (AvgIpc) is 2.49. The molecular formula is C5H4BN3O3S. The van der Waals surface area contributed by atoms with Crippen molar-refractivity contribution in [3.8, 4) is 0 Å². The smallest absolute Gasteiger partial charge is 0.428 e. The van der Waals surface area contributed by atoms with Crippen LogP contribution in [0, 0.1) is 10.1 Å². The Bertz CT molecular complexity index is 390. The molecule has 0 aliphatic carbocycles. The maximum atomic E-state index is 10.4. The molecule has 6 nitrogen and oxygen atoms in total. The SMILES string of the molecule is O=[N+]([O-])c1cc2c(s1)C=NNB2O. The van der Waals surface area contributed by atoms with Gasteiger partial charge in [-0.15, -0.1) is 0 Å². The summed E-state index contributed by atoms with van der Waals surface area (Å²) in [4.78, 5) is 10.5. The molecule has 0 spiro atoms. The highest BCUT2D eigenvalue weighted by molar-refractivity contribution is 7.18. The van der Waals surface area contributed by atoms with Crippen molar-refractivity contribution in [3.05, 3.63) is 21.1 Å². The Balaban J connectivity index is 2.49. The van der Waals surface area contributed by atoms with Crippen LogP contribution in [0.25, 0.3) is 0 Å². The summed E-state index contributed by atoms with van der Waals surface area (Å²) in [5.41, 5.74) is 0.506. The van der Waals surface area contributed by atoms with Crippen LogP contribution in [0.15, 0.2) is 11.2 Å². The predicted octanol–water partition coefficient (Wildman–Crippen LogP) is -0.719. The molecule has 1 aromatic rings. The Hall–Kier alpha value is -1.41. The molecule has 0 atom stereocenters. The van der Waals surface area contributed by atoms with Gasteiger partial charge >= 0.3 is 12.1 Å². The first-order chi connectivity index (χ1) is 6.18. The van der Waals surface area contributed by atoms with Crippen LogP contribution in [-0.2, 0) is 0 Å². The monoisotopic (exact) mass is 197 g/mol. The molecule has 2 N–H and O–H groups in total. The Kier molecular flexibility index (Phi) is 1.78. The number of thiophene rings is 1. The molecule has 13 heavy (non-hydrogen) atoms. The molecule has 1 aromatic heterocycles. The van der Waals surface area contributed by atoms with E-state index >= 15 is 0 Å². The number of hydrazone groups is 1. The van der Waals surface area contributed by atoms with E-state index in [1.807, 2.05) is 0 Å². The summed E-state index contributed by atoms with van der Waals surface area (Å²) in [6, 6.07) is 1.35. The second kappa shape index (κ2) is 2.82. The van der Waals surface area contributed by atoms with E-state index in [4.69, 9.17) is 0 Å². The standard InChI is InChI=1S/C5H4BN3O3S/c10-6-3-1-5(9(11)12)13-4(3)2-7-8-6/h1-2,8,10H. The second-order valence-electron chi connectivity index (χ2n) is 2.45. The largest absolute Gasteiger partial charge is 0.465 e. The zero-order valence-electron chi connectivity index (χ0n) is 6.30. The van der Waals surface area contributed by atoms with Gasteiger partial charge in [-0.05, 0) is 0 Å². The lowest BCUT2D eigenvalue weighted by atomic mass is 9.75. The maximum absolute atomic E-state index is 10.4. The van der Waals surface area contributed by atoms with Crippen molar-refractivity contribution in [2.24, 2.45) is 5.10 Å². The Morgan fingerprint density at radius 2 is 2.54 bits per heavy atom. The molecule has 8 heteroatoms. The Morgan fingerprint density at radius 3 is 3.15 bits per heavy atom. The van der Waals surface area contributed by atoms with E-state index in [0.29, 0.717) is 10.3 Å². The molecule has 66 valence electrons. The van der Waals surface area contributed by atoms with Gasteiger partial charge in [0.2, 0.25) is 0 Å². The summed E-state index contributed by atoms with van der Waals surface area (Å²) < 4.78 is 0. The molecule has 0 saturated carbocycles. The third-order valence-corrected chi connectivity index (χ3v) is 2.67. The number of rotatable bonds is 1. The molecular weight excluding hydrogens is 193 g/mol. The second-order valence-corrected chi connectivity index (χ2v) is 3.51. The molecule has 0 unspecified atom stereocenters. The molecule has 0 bridgehead atoms. The van der Waals surface area contributed by atoms with E-state index in [2.05, 4.69) is 10.4 Å². The van der Waals surface area contributed by atoms with Gasteiger partial charge in [0.05, 0.1) is 16.0 Å². The average molecular weight is 197 g/mol. The molecule has 0 aromatic carbocycles. The van der Waals surface area contributed by atoms with Crippen LogP contribution < -0.4 is 10.8 Å². The Labute approximate surface area is 77.2 Å². The summed E-state index contributed by atoms with van der Waals surface area (Å²) >= 11 is 0.999. The van der Waals surface area contributed by atoms with Gasteiger partial charge in [-0.3, -0.25) is 10.1 Å². The summed E-state index contributed by atoms with van der Waals surface area (Å²) in [6.45, 7) is 0. The number of nitro groups is 1. The van der Waals surface area contributed by atoms with Gasteiger partial charge in [0.25, 0.3) is 0 Å². The number of fused-ring (bicyclic) bond motifs is 1. The van der Waals surface area contributed by atoms with Gasteiger partial charge in [-0.25, -0.2) is 0 Å². The lowest BCUT2D eigenvalue weighted by Crippen LogP contribution is -2.45. The zero-order valence-corrected chi connectivity index (χ0v) is 7.11. The van der Waals surface area contributed by atoms with E-state index in [1.165, 1.54) is 12.3 Å². The van der Waals surface area contributed by atoms with Crippen molar-refractivity contribution in [1.82, 2.24) is 5.34 Å². The lowest BCUT2D eigenvalue weighted by molar-refractivity contribution is -0.380. The minimum atomic E-state index is -0.940. The molecule has 0 radical (unpaired) electrons. The van der Waals surface area contributed by atoms with Crippen LogP contribution in [0.5, 0.6) is 0 Å². The van der Waals surface area contributed by atoms with Crippen molar-refractivity contribution in [2.75, 3.05) is 0 Å². The van der Waals surface area contributed by atoms with Crippen LogP contribution >= 0.6 is 11.3 Å². The van der Waals surface area contributed by atoms with Gasteiger partial charge in [0.1, 0.15) is 0 Å².